The molecule has 0 aliphatic heterocycles. The molecule has 4 fully saturated rings. The van der Waals surface area contributed by atoms with Crippen LogP contribution >= 0.6 is 0 Å². The molecule has 4 nitrogen and oxygen atoms in total. The number of nitrogens with zero attached hydrogens (tertiary/aromatic N) is 2. The minimum Gasteiger partial charge on any atom is -0.393 e. The molecule has 5 rings (SSSR count). The Morgan fingerprint density at radius 2 is 1.83 bits per heavy atom. The number of hydrogen-bond acceptors (Lipinski definition) is 3. The van der Waals surface area contributed by atoms with Crippen molar-refractivity contribution in [2.75, 3.05) is 0 Å². The molecule has 2 N–H and O–H groups in total. The number of aromatic nitrogens is 2. The average Bonchev–Trinajstić information content (AvgIpc) is 3.14. The minimum atomic E-state index is -0.327. The van der Waals surface area contributed by atoms with Gasteiger partial charge in [-0.3, -0.25) is 4.68 Å². The van der Waals surface area contributed by atoms with Gasteiger partial charge in [0.15, 0.2) is 0 Å². The van der Waals surface area contributed by atoms with Crippen molar-refractivity contribution in [2.45, 2.75) is 84.3 Å². The van der Waals surface area contributed by atoms with Gasteiger partial charge in [0.2, 0.25) is 0 Å². The molecule has 1 aromatic heterocycles. The van der Waals surface area contributed by atoms with E-state index in [4.69, 9.17) is 0 Å². The summed E-state index contributed by atoms with van der Waals surface area (Å²) in [6.07, 6.45) is 12.9. The molecule has 0 spiro atoms. The third kappa shape index (κ3) is 2.81. The van der Waals surface area contributed by atoms with E-state index in [-0.39, 0.29) is 17.6 Å². The zero-order valence-electron chi connectivity index (χ0n) is 18.6. The Morgan fingerprint density at radius 3 is 2.55 bits per heavy atom. The van der Waals surface area contributed by atoms with E-state index in [9.17, 15) is 10.2 Å². The van der Waals surface area contributed by atoms with Crippen molar-refractivity contribution in [3.63, 3.8) is 0 Å². The summed E-state index contributed by atoms with van der Waals surface area (Å²) in [7, 11) is 1.98. The molecule has 160 valence electrons. The first-order valence-corrected chi connectivity index (χ1v) is 11.8. The lowest BCUT2D eigenvalue weighted by Gasteiger charge is -2.60. The molecule has 8 unspecified atom stereocenters. The van der Waals surface area contributed by atoms with E-state index < -0.39 is 0 Å². The molecule has 4 saturated carbocycles. The largest absolute Gasteiger partial charge is 0.393 e. The summed E-state index contributed by atoms with van der Waals surface area (Å²) in [6.45, 7) is 6.99. The van der Waals surface area contributed by atoms with Crippen LogP contribution in [0.2, 0.25) is 0 Å². The van der Waals surface area contributed by atoms with E-state index in [1.165, 1.54) is 31.3 Å². The summed E-state index contributed by atoms with van der Waals surface area (Å²) in [4.78, 5) is 0. The molecule has 1 aromatic rings. The van der Waals surface area contributed by atoms with E-state index >= 15 is 0 Å². The summed E-state index contributed by atoms with van der Waals surface area (Å²) >= 11 is 0. The second-order valence-electron chi connectivity index (χ2n) is 11.3. The van der Waals surface area contributed by atoms with E-state index in [1.54, 1.807) is 0 Å². The Hall–Kier alpha value is -1.13. The normalized spacial score (nSPS) is 48.3. The molecule has 4 heteroatoms. The van der Waals surface area contributed by atoms with Gasteiger partial charge in [0, 0.05) is 23.7 Å². The zero-order valence-corrected chi connectivity index (χ0v) is 18.6. The molecule has 0 bridgehead atoms. The highest BCUT2D eigenvalue weighted by molar-refractivity contribution is 5.57. The first kappa shape index (κ1) is 19.8. The van der Waals surface area contributed by atoms with Gasteiger partial charge in [-0.1, -0.05) is 13.8 Å². The van der Waals surface area contributed by atoms with Crippen LogP contribution in [0.1, 0.15) is 76.5 Å². The predicted molar refractivity (Wildman–Crippen MR) is 115 cm³/mol. The standard InChI is InChI=1S/C25H38N2O2/c1-15-17(14-26-27(15)4)11-16-12-22-20-6-5-18-13-19(28)7-9-24(18,2)21(20)8-10-25(22,3)23(16)29/h11,14,18-23,28-29H,5-10,12-13H2,1-4H3. The van der Waals surface area contributed by atoms with Crippen LogP contribution in [-0.2, 0) is 7.05 Å². The fourth-order valence-corrected chi connectivity index (χ4v) is 8.09. The van der Waals surface area contributed by atoms with E-state index in [0.29, 0.717) is 17.3 Å². The van der Waals surface area contributed by atoms with Gasteiger partial charge in [-0.25, -0.2) is 0 Å². The summed E-state index contributed by atoms with van der Waals surface area (Å²) in [6, 6.07) is 0. The number of aryl methyl sites for hydroxylation is 1. The number of rotatable bonds is 1. The Labute approximate surface area is 175 Å². The van der Waals surface area contributed by atoms with Gasteiger partial charge in [-0.05, 0) is 99.0 Å². The Morgan fingerprint density at radius 1 is 1.07 bits per heavy atom. The van der Waals surface area contributed by atoms with E-state index in [1.807, 2.05) is 17.9 Å². The third-order valence-corrected chi connectivity index (χ3v) is 10.1. The second kappa shape index (κ2) is 6.68. The lowest BCUT2D eigenvalue weighted by atomic mass is 9.45. The van der Waals surface area contributed by atoms with E-state index in [2.05, 4.69) is 31.9 Å². The Kier molecular flexibility index (Phi) is 4.57. The van der Waals surface area contributed by atoms with Crippen LogP contribution in [0.15, 0.2) is 11.8 Å². The number of fused-ring (bicyclic) bond motifs is 5. The van der Waals surface area contributed by atoms with Gasteiger partial charge in [0.05, 0.1) is 18.4 Å². The molecule has 4 aliphatic carbocycles. The Bertz CT molecular complexity index is 829. The van der Waals surface area contributed by atoms with Crippen LogP contribution in [0.3, 0.4) is 0 Å². The van der Waals surface area contributed by atoms with Gasteiger partial charge in [0.1, 0.15) is 0 Å². The lowest BCUT2D eigenvalue weighted by Crippen LogP contribution is -2.54. The van der Waals surface area contributed by atoms with Crippen LogP contribution in [-0.4, -0.2) is 32.2 Å². The SMILES string of the molecule is Cc1c(C=C2CC3C4CCC5CC(O)CCC5(C)C4CCC3(C)C2O)cnn1C. The van der Waals surface area contributed by atoms with Gasteiger partial charge in [0.25, 0.3) is 0 Å². The molecule has 0 amide bonds. The van der Waals surface area contributed by atoms with E-state index in [0.717, 1.165) is 48.8 Å². The highest BCUT2D eigenvalue weighted by Crippen LogP contribution is 2.67. The maximum absolute atomic E-state index is 11.4. The monoisotopic (exact) mass is 398 g/mol. The minimum absolute atomic E-state index is 0.0144. The molecule has 0 aromatic carbocycles. The smallest absolute Gasteiger partial charge is 0.0809 e. The molecule has 8 atom stereocenters. The summed E-state index contributed by atoms with van der Waals surface area (Å²) in [5.41, 5.74) is 3.94. The van der Waals surface area contributed by atoms with Crippen LogP contribution in [0.25, 0.3) is 6.08 Å². The predicted octanol–water partition coefficient (Wildman–Crippen LogP) is 4.49. The van der Waals surface area contributed by atoms with Crippen LogP contribution in [0.5, 0.6) is 0 Å². The quantitative estimate of drug-likeness (QED) is 0.733. The van der Waals surface area contributed by atoms with Gasteiger partial charge in [-0.2, -0.15) is 5.10 Å². The van der Waals surface area contributed by atoms with Gasteiger partial charge < -0.3 is 10.2 Å². The molecule has 29 heavy (non-hydrogen) atoms. The maximum atomic E-state index is 11.4. The Balaban J connectivity index is 1.45. The zero-order chi connectivity index (χ0) is 20.6. The fraction of sp³-hybridized carbons (Fsp3) is 0.800. The first-order chi connectivity index (χ1) is 13.7. The molecular formula is C25H38N2O2. The third-order valence-electron chi connectivity index (χ3n) is 10.1. The highest BCUT2D eigenvalue weighted by atomic mass is 16.3. The van der Waals surface area contributed by atoms with Crippen molar-refractivity contribution in [3.05, 3.63) is 23.0 Å². The second-order valence-corrected chi connectivity index (χ2v) is 11.3. The number of aliphatic hydroxyl groups excluding tert-OH is 2. The average molecular weight is 399 g/mol. The summed E-state index contributed by atoms with van der Waals surface area (Å²) < 4.78 is 1.91. The molecule has 0 saturated heterocycles. The van der Waals surface area contributed by atoms with Crippen molar-refractivity contribution < 1.29 is 10.2 Å². The molecular weight excluding hydrogens is 360 g/mol. The number of hydrogen-bond donors (Lipinski definition) is 2. The van der Waals surface area contributed by atoms with Crippen molar-refractivity contribution in [2.24, 2.45) is 41.5 Å². The highest BCUT2D eigenvalue weighted by Gasteiger charge is 2.61. The summed E-state index contributed by atoms with van der Waals surface area (Å²) in [5, 5.41) is 26.0. The van der Waals surface area contributed by atoms with Gasteiger partial charge >= 0.3 is 0 Å². The summed E-state index contributed by atoms with van der Waals surface area (Å²) in [5.74, 6) is 2.76. The van der Waals surface area contributed by atoms with Crippen molar-refractivity contribution >= 4 is 6.08 Å². The number of aliphatic hydroxyl groups is 2. The lowest BCUT2D eigenvalue weighted by molar-refractivity contribution is -0.133. The maximum Gasteiger partial charge on any atom is 0.0809 e. The molecule has 4 aliphatic rings. The van der Waals surface area contributed by atoms with Crippen molar-refractivity contribution in [3.8, 4) is 0 Å². The fourth-order valence-electron chi connectivity index (χ4n) is 8.09. The van der Waals surface area contributed by atoms with Crippen LogP contribution in [0.4, 0.5) is 0 Å². The van der Waals surface area contributed by atoms with Crippen LogP contribution < -0.4 is 0 Å². The van der Waals surface area contributed by atoms with Crippen molar-refractivity contribution in [1.29, 1.82) is 0 Å². The first-order valence-electron chi connectivity index (χ1n) is 11.8. The van der Waals surface area contributed by atoms with Crippen LogP contribution in [0, 0.1) is 41.4 Å². The molecule has 0 radical (unpaired) electrons. The molecule has 1 heterocycles. The van der Waals surface area contributed by atoms with Crippen molar-refractivity contribution in [1.82, 2.24) is 9.78 Å². The van der Waals surface area contributed by atoms with Gasteiger partial charge in [-0.15, -0.1) is 0 Å². The topological polar surface area (TPSA) is 58.3 Å².